The number of nitrogens with zero attached hydrogens (tertiary/aromatic N) is 1. The molecule has 0 spiro atoms. The van der Waals surface area contributed by atoms with Gasteiger partial charge in [0, 0.05) is 16.6 Å². The summed E-state index contributed by atoms with van der Waals surface area (Å²) in [5.41, 5.74) is 3.25. The number of hydrogen-bond donors (Lipinski definition) is 0. The van der Waals surface area contributed by atoms with E-state index >= 15 is 0 Å². The topological polar surface area (TPSA) is 31.4 Å². The van der Waals surface area contributed by atoms with E-state index in [-0.39, 0.29) is 0 Å². The molecule has 3 rings (SSSR count). The molecule has 0 aliphatic rings. The van der Waals surface area contributed by atoms with Crippen LogP contribution in [-0.4, -0.2) is 30.3 Å². The summed E-state index contributed by atoms with van der Waals surface area (Å²) in [5, 5.41) is 0.951. The maximum atomic E-state index is 5.27. The zero-order valence-corrected chi connectivity index (χ0v) is 17.2. The number of thioether (sulfide) groups is 1. The maximum absolute atomic E-state index is 5.27. The molecule has 0 N–H and O–H groups in total. The molecule has 0 aliphatic heterocycles. The van der Waals surface area contributed by atoms with E-state index in [2.05, 4.69) is 40.2 Å². The van der Waals surface area contributed by atoms with Crippen molar-refractivity contribution in [3.8, 4) is 33.2 Å². The van der Waals surface area contributed by atoms with Crippen molar-refractivity contribution in [2.75, 3.05) is 25.3 Å². The van der Waals surface area contributed by atoms with E-state index in [0.29, 0.717) is 0 Å². The van der Waals surface area contributed by atoms with Crippen molar-refractivity contribution < 1.29 is 9.47 Å². The van der Waals surface area contributed by atoms with E-state index in [1.54, 1.807) is 37.3 Å². The van der Waals surface area contributed by atoms with Gasteiger partial charge in [0.2, 0.25) is 0 Å². The Morgan fingerprint density at radius 3 is 2.00 bits per heavy atom. The lowest BCUT2D eigenvalue weighted by Gasteiger charge is -2.05. The van der Waals surface area contributed by atoms with Gasteiger partial charge in [0.15, 0.2) is 4.34 Å². The van der Waals surface area contributed by atoms with Crippen LogP contribution in [0.2, 0.25) is 0 Å². The second kappa shape index (κ2) is 8.74. The molecular weight excluding hydrogens is 418 g/mol. The number of methoxy groups -OCH3 is 2. The molecule has 1 aromatic heterocycles. The molecule has 0 radical (unpaired) electrons. The predicted molar refractivity (Wildman–Crippen MR) is 111 cm³/mol. The van der Waals surface area contributed by atoms with Crippen LogP contribution in [0.25, 0.3) is 21.7 Å². The highest BCUT2D eigenvalue weighted by Gasteiger charge is 2.15. The summed E-state index contributed by atoms with van der Waals surface area (Å²) < 4.78 is 11.6. The number of aromatic nitrogens is 1. The van der Waals surface area contributed by atoms with E-state index in [4.69, 9.17) is 14.5 Å². The second-order valence-corrected chi connectivity index (χ2v) is 8.29. The van der Waals surface area contributed by atoms with Crippen LogP contribution in [-0.2, 0) is 0 Å². The first-order valence-corrected chi connectivity index (χ1v) is 10.7. The van der Waals surface area contributed by atoms with Crippen LogP contribution < -0.4 is 9.47 Å². The van der Waals surface area contributed by atoms with Gasteiger partial charge in [-0.05, 0) is 54.1 Å². The molecule has 0 bridgehead atoms. The first-order valence-electron chi connectivity index (χ1n) is 7.73. The van der Waals surface area contributed by atoms with Gasteiger partial charge in [-0.2, -0.15) is 0 Å². The molecule has 0 saturated heterocycles. The van der Waals surface area contributed by atoms with E-state index in [1.165, 1.54) is 4.88 Å². The first kappa shape index (κ1) is 18.3. The lowest BCUT2D eigenvalue weighted by molar-refractivity contribution is 0.414. The van der Waals surface area contributed by atoms with Crippen molar-refractivity contribution in [3.63, 3.8) is 0 Å². The number of ether oxygens (including phenoxy) is 2. The van der Waals surface area contributed by atoms with Gasteiger partial charge < -0.3 is 9.47 Å². The zero-order chi connectivity index (χ0) is 17.6. The molecule has 6 heteroatoms. The molecule has 1 heterocycles. The van der Waals surface area contributed by atoms with Gasteiger partial charge in [-0.1, -0.05) is 27.7 Å². The van der Waals surface area contributed by atoms with E-state index in [1.807, 2.05) is 24.3 Å². The summed E-state index contributed by atoms with van der Waals surface area (Å²) in [5.74, 6) is 2.70. The van der Waals surface area contributed by atoms with Crippen molar-refractivity contribution in [2.45, 2.75) is 4.34 Å². The van der Waals surface area contributed by atoms with Crippen molar-refractivity contribution in [1.29, 1.82) is 0 Å². The fraction of sp³-hybridized carbons (Fsp3) is 0.211. The molecule has 0 saturated carbocycles. The van der Waals surface area contributed by atoms with Gasteiger partial charge in [-0.15, -0.1) is 11.3 Å². The Morgan fingerprint density at radius 2 is 1.48 bits per heavy atom. The molecule has 0 fully saturated rings. The number of hydrogen-bond acceptors (Lipinski definition) is 5. The third-order valence-corrected chi connectivity index (χ3v) is 6.80. The van der Waals surface area contributed by atoms with E-state index in [9.17, 15) is 0 Å². The standard InChI is InChI=1S/C19H18BrNO2S2/c1-22-15-7-3-13(4-8-15)17-18(25-19(21-17)24-12-11-20)14-5-9-16(23-2)10-6-14/h3-10H,11-12H2,1-2H3. The van der Waals surface area contributed by atoms with Crippen molar-refractivity contribution in [1.82, 2.24) is 4.98 Å². The van der Waals surface area contributed by atoms with E-state index < -0.39 is 0 Å². The third-order valence-electron chi connectivity index (χ3n) is 3.63. The molecule has 3 aromatic rings. The summed E-state index contributed by atoms with van der Waals surface area (Å²) in [6.45, 7) is 0. The molecule has 0 unspecified atom stereocenters. The largest absolute Gasteiger partial charge is 0.497 e. The molecule has 130 valence electrons. The fourth-order valence-electron chi connectivity index (χ4n) is 2.37. The monoisotopic (exact) mass is 435 g/mol. The summed E-state index contributed by atoms with van der Waals surface area (Å²) >= 11 is 6.98. The number of alkyl halides is 1. The van der Waals surface area contributed by atoms with Gasteiger partial charge in [-0.3, -0.25) is 0 Å². The Kier molecular flexibility index (Phi) is 6.39. The molecule has 0 atom stereocenters. The normalized spacial score (nSPS) is 10.7. The lowest BCUT2D eigenvalue weighted by atomic mass is 10.1. The average Bonchev–Trinajstić information content (AvgIpc) is 3.10. The number of halogens is 1. The van der Waals surface area contributed by atoms with Crippen LogP contribution in [0.15, 0.2) is 52.9 Å². The summed E-state index contributed by atoms with van der Waals surface area (Å²) in [6, 6.07) is 16.2. The number of benzene rings is 2. The Hall–Kier alpha value is -1.50. The number of thiazole rings is 1. The lowest BCUT2D eigenvalue weighted by Crippen LogP contribution is -1.86. The van der Waals surface area contributed by atoms with Crippen molar-refractivity contribution in [3.05, 3.63) is 48.5 Å². The van der Waals surface area contributed by atoms with Gasteiger partial charge >= 0.3 is 0 Å². The summed E-state index contributed by atoms with van der Waals surface area (Å²) in [4.78, 5) is 6.05. The highest BCUT2D eigenvalue weighted by molar-refractivity contribution is 9.09. The number of rotatable bonds is 7. The van der Waals surface area contributed by atoms with Gasteiger partial charge in [0.05, 0.1) is 24.8 Å². The molecule has 0 aliphatic carbocycles. The second-order valence-electron chi connectivity index (χ2n) is 5.15. The van der Waals surface area contributed by atoms with Crippen LogP contribution in [0.4, 0.5) is 0 Å². The van der Waals surface area contributed by atoms with Crippen LogP contribution in [0.3, 0.4) is 0 Å². The Balaban J connectivity index is 2.02. The molecule has 3 nitrogen and oxygen atoms in total. The summed E-state index contributed by atoms with van der Waals surface area (Å²) in [7, 11) is 3.36. The van der Waals surface area contributed by atoms with Crippen LogP contribution in [0.5, 0.6) is 11.5 Å². The SMILES string of the molecule is COc1ccc(-c2nc(SCCBr)sc2-c2ccc(OC)cc2)cc1. The molecular formula is C19H18BrNO2S2. The van der Waals surface area contributed by atoms with Crippen LogP contribution in [0.1, 0.15) is 0 Å². The summed E-state index contributed by atoms with van der Waals surface area (Å²) in [6.07, 6.45) is 0. The zero-order valence-electron chi connectivity index (χ0n) is 14.0. The first-order chi connectivity index (χ1) is 12.2. The Bertz CT molecular complexity index is 751. The minimum atomic E-state index is 0.846. The van der Waals surface area contributed by atoms with Gasteiger partial charge in [0.1, 0.15) is 11.5 Å². The third kappa shape index (κ3) is 4.37. The fourth-order valence-corrected chi connectivity index (χ4v) is 4.83. The van der Waals surface area contributed by atoms with Crippen LogP contribution in [0, 0.1) is 0 Å². The average molecular weight is 436 g/mol. The quantitative estimate of drug-likeness (QED) is 0.337. The van der Waals surface area contributed by atoms with Crippen LogP contribution >= 0.6 is 39.0 Å². The minimum Gasteiger partial charge on any atom is -0.497 e. The molecule has 25 heavy (non-hydrogen) atoms. The Labute approximate surface area is 164 Å². The van der Waals surface area contributed by atoms with Gasteiger partial charge in [0.25, 0.3) is 0 Å². The smallest absolute Gasteiger partial charge is 0.151 e. The minimum absolute atomic E-state index is 0.846. The van der Waals surface area contributed by atoms with E-state index in [0.717, 1.165) is 43.7 Å². The highest BCUT2D eigenvalue weighted by Crippen LogP contribution is 2.41. The Morgan fingerprint density at radius 1 is 0.920 bits per heavy atom. The molecule has 0 amide bonds. The maximum Gasteiger partial charge on any atom is 0.151 e. The van der Waals surface area contributed by atoms with Crippen molar-refractivity contribution in [2.24, 2.45) is 0 Å². The molecule has 2 aromatic carbocycles. The van der Waals surface area contributed by atoms with Gasteiger partial charge in [-0.25, -0.2) is 4.98 Å². The highest BCUT2D eigenvalue weighted by atomic mass is 79.9. The van der Waals surface area contributed by atoms with Crippen molar-refractivity contribution >= 4 is 39.0 Å². The predicted octanol–water partition coefficient (Wildman–Crippen LogP) is 5.98.